The number of methoxy groups -OCH3 is 1. The van der Waals surface area contributed by atoms with E-state index in [1.807, 2.05) is 23.1 Å². The topological polar surface area (TPSA) is 92.3 Å². The molecule has 0 atom stereocenters. The number of ether oxygens (including phenoxy) is 2. The van der Waals surface area contributed by atoms with E-state index in [4.69, 9.17) is 26.1 Å². The van der Waals surface area contributed by atoms with Gasteiger partial charge in [0.25, 0.3) is 0 Å². The fourth-order valence-corrected chi connectivity index (χ4v) is 7.61. The highest BCUT2D eigenvalue weighted by atomic mass is 35.5. The van der Waals surface area contributed by atoms with Crippen LogP contribution in [0.15, 0.2) is 47.4 Å². The first-order chi connectivity index (χ1) is 18.8. The van der Waals surface area contributed by atoms with Crippen LogP contribution in [0.2, 0.25) is 5.02 Å². The molecule has 3 aromatic rings. The molecule has 9 nitrogen and oxygen atoms in total. The lowest BCUT2D eigenvalue weighted by Crippen LogP contribution is -2.45. The number of anilines is 1. The van der Waals surface area contributed by atoms with E-state index in [0.717, 1.165) is 55.2 Å². The van der Waals surface area contributed by atoms with E-state index in [1.54, 1.807) is 19.2 Å². The summed E-state index contributed by atoms with van der Waals surface area (Å²) in [7, 11) is -2.02. The molecule has 0 N–H and O–H groups in total. The second kappa shape index (κ2) is 12.5. The molecule has 0 radical (unpaired) electrons. The van der Waals surface area contributed by atoms with Crippen LogP contribution in [0.1, 0.15) is 19.3 Å². The minimum Gasteiger partial charge on any atom is -0.497 e. The van der Waals surface area contributed by atoms with E-state index in [9.17, 15) is 13.2 Å². The van der Waals surface area contributed by atoms with Crippen molar-refractivity contribution in [2.75, 3.05) is 64.5 Å². The van der Waals surface area contributed by atoms with Crippen molar-refractivity contribution in [2.24, 2.45) is 5.92 Å². The monoisotopic (exact) mass is 592 g/mol. The molecule has 0 unspecified atom stereocenters. The maximum Gasteiger partial charge on any atom is 0.243 e. The lowest BCUT2D eigenvalue weighted by molar-refractivity contribution is -0.123. The number of rotatable bonds is 9. The number of aromatic nitrogens is 1. The minimum absolute atomic E-state index is 0.00606. The highest BCUT2D eigenvalue weighted by Gasteiger charge is 2.35. The number of benzene rings is 2. The Balaban J connectivity index is 1.30. The van der Waals surface area contributed by atoms with Crippen LogP contribution in [-0.2, 0) is 19.6 Å². The SMILES string of the molecule is COc1ccc2sc(N(CCCN3CCOCC3)C(=O)C3CCN(S(=O)(=O)c4ccc(Cl)cc4)CC3)nc2c1. The van der Waals surface area contributed by atoms with Gasteiger partial charge in [0.2, 0.25) is 15.9 Å². The molecule has 2 fully saturated rings. The Morgan fingerprint density at radius 1 is 1.13 bits per heavy atom. The van der Waals surface area contributed by atoms with Crippen LogP contribution in [0.5, 0.6) is 5.75 Å². The molecule has 39 heavy (non-hydrogen) atoms. The van der Waals surface area contributed by atoms with Gasteiger partial charge < -0.3 is 9.47 Å². The molecule has 2 aliphatic heterocycles. The largest absolute Gasteiger partial charge is 0.497 e. The number of carbonyl (C=O) groups is 1. The molecule has 2 saturated heterocycles. The lowest BCUT2D eigenvalue weighted by Gasteiger charge is -2.33. The Morgan fingerprint density at radius 2 is 1.85 bits per heavy atom. The summed E-state index contributed by atoms with van der Waals surface area (Å²) in [6, 6.07) is 11.9. The predicted molar refractivity (Wildman–Crippen MR) is 153 cm³/mol. The Labute approximate surface area is 238 Å². The first-order valence-electron chi connectivity index (χ1n) is 13.2. The number of fused-ring (bicyclic) bond motifs is 1. The van der Waals surface area contributed by atoms with Gasteiger partial charge in [-0.25, -0.2) is 13.4 Å². The molecule has 2 aliphatic rings. The number of hydrogen-bond acceptors (Lipinski definition) is 8. The van der Waals surface area contributed by atoms with Gasteiger partial charge in [0.1, 0.15) is 5.75 Å². The number of halogens is 1. The van der Waals surface area contributed by atoms with Crippen molar-refractivity contribution >= 4 is 54.2 Å². The quantitative estimate of drug-likeness (QED) is 0.369. The summed E-state index contributed by atoms with van der Waals surface area (Å²) >= 11 is 7.43. The number of thiazole rings is 1. The summed E-state index contributed by atoms with van der Waals surface area (Å²) < 4.78 is 39.5. The summed E-state index contributed by atoms with van der Waals surface area (Å²) in [4.78, 5) is 23.1. The second-order valence-corrected chi connectivity index (χ2v) is 13.1. The van der Waals surface area contributed by atoms with Crippen molar-refractivity contribution in [2.45, 2.75) is 24.2 Å². The van der Waals surface area contributed by atoms with Gasteiger partial charge in [0.15, 0.2) is 5.13 Å². The first-order valence-corrected chi connectivity index (χ1v) is 15.8. The van der Waals surface area contributed by atoms with Gasteiger partial charge in [-0.2, -0.15) is 4.31 Å². The van der Waals surface area contributed by atoms with Gasteiger partial charge in [-0.3, -0.25) is 14.6 Å². The number of morpholine rings is 1. The first kappa shape index (κ1) is 28.3. The normalized spacial score (nSPS) is 17.9. The zero-order chi connectivity index (χ0) is 27.4. The van der Waals surface area contributed by atoms with E-state index < -0.39 is 10.0 Å². The maximum absolute atomic E-state index is 13.9. The standard InChI is InChI=1S/C27H33ClN4O5S2/c1-36-22-5-8-25-24(19-22)29-27(38-25)32(12-2-11-30-15-17-37-18-16-30)26(33)20-9-13-31(14-10-20)39(34,35)23-6-3-21(28)4-7-23/h3-8,19-20H,2,9-18H2,1H3. The molecule has 1 amide bonds. The third-order valence-corrected chi connectivity index (χ3v) is 10.5. The Hall–Kier alpha value is -2.28. The highest BCUT2D eigenvalue weighted by Crippen LogP contribution is 2.34. The molecule has 12 heteroatoms. The van der Waals surface area contributed by atoms with Crippen LogP contribution < -0.4 is 9.64 Å². The summed E-state index contributed by atoms with van der Waals surface area (Å²) in [5, 5.41) is 1.15. The Kier molecular flexibility index (Phi) is 9.05. The maximum atomic E-state index is 13.9. The molecule has 2 aromatic carbocycles. The number of sulfonamides is 1. The van der Waals surface area contributed by atoms with Gasteiger partial charge in [-0.1, -0.05) is 22.9 Å². The minimum atomic E-state index is -3.64. The number of piperidine rings is 1. The van der Waals surface area contributed by atoms with E-state index in [0.29, 0.717) is 42.6 Å². The summed E-state index contributed by atoms with van der Waals surface area (Å²) in [6.07, 6.45) is 1.74. The summed E-state index contributed by atoms with van der Waals surface area (Å²) in [5.74, 6) is 0.456. The zero-order valence-corrected chi connectivity index (χ0v) is 24.3. The van der Waals surface area contributed by atoms with E-state index >= 15 is 0 Å². The van der Waals surface area contributed by atoms with E-state index in [1.165, 1.54) is 27.8 Å². The number of amides is 1. The van der Waals surface area contributed by atoms with Crippen LogP contribution in [-0.4, -0.2) is 88.1 Å². The van der Waals surface area contributed by atoms with E-state index in [2.05, 4.69) is 4.90 Å². The van der Waals surface area contributed by atoms with E-state index in [-0.39, 0.29) is 16.7 Å². The van der Waals surface area contributed by atoms with Gasteiger partial charge in [-0.15, -0.1) is 0 Å². The van der Waals surface area contributed by atoms with Crippen LogP contribution >= 0.6 is 22.9 Å². The summed E-state index contributed by atoms with van der Waals surface area (Å²) in [6.45, 7) is 5.28. The molecule has 1 aromatic heterocycles. The van der Waals surface area contributed by atoms with Gasteiger partial charge in [-0.05, 0) is 55.7 Å². The lowest BCUT2D eigenvalue weighted by atomic mass is 9.96. The summed E-state index contributed by atoms with van der Waals surface area (Å²) in [5.41, 5.74) is 0.796. The second-order valence-electron chi connectivity index (χ2n) is 9.76. The van der Waals surface area contributed by atoms with Gasteiger partial charge >= 0.3 is 0 Å². The zero-order valence-electron chi connectivity index (χ0n) is 21.9. The molecule has 0 bridgehead atoms. The molecular weight excluding hydrogens is 560 g/mol. The molecule has 5 rings (SSSR count). The molecule has 0 aliphatic carbocycles. The Bertz CT molecular complexity index is 1380. The highest BCUT2D eigenvalue weighted by molar-refractivity contribution is 7.89. The van der Waals surface area contributed by atoms with Crippen molar-refractivity contribution in [3.05, 3.63) is 47.5 Å². The van der Waals surface area contributed by atoms with Crippen LogP contribution in [0, 0.1) is 5.92 Å². The average Bonchev–Trinajstić information content (AvgIpc) is 3.39. The van der Waals surface area contributed by atoms with Crippen molar-refractivity contribution < 1.29 is 22.7 Å². The third-order valence-electron chi connectivity index (χ3n) is 7.29. The molecule has 3 heterocycles. The van der Waals surface area contributed by atoms with Gasteiger partial charge in [0.05, 0.1) is 35.4 Å². The van der Waals surface area contributed by atoms with Crippen molar-refractivity contribution in [1.29, 1.82) is 0 Å². The third kappa shape index (κ3) is 6.55. The van der Waals surface area contributed by atoms with Crippen molar-refractivity contribution in [3.63, 3.8) is 0 Å². The van der Waals surface area contributed by atoms with Crippen LogP contribution in [0.3, 0.4) is 0 Å². The molecule has 0 spiro atoms. The fourth-order valence-electron chi connectivity index (χ4n) is 5.03. The molecule has 0 saturated carbocycles. The van der Waals surface area contributed by atoms with Crippen LogP contribution in [0.4, 0.5) is 5.13 Å². The number of nitrogens with zero attached hydrogens (tertiary/aromatic N) is 4. The Morgan fingerprint density at radius 3 is 2.54 bits per heavy atom. The number of carbonyl (C=O) groups excluding carboxylic acids is 1. The van der Waals surface area contributed by atoms with Crippen LogP contribution in [0.25, 0.3) is 10.2 Å². The molecular formula is C27H33ClN4O5S2. The molecule has 210 valence electrons. The number of hydrogen-bond donors (Lipinski definition) is 0. The predicted octanol–water partition coefficient (Wildman–Crippen LogP) is 4.11. The fraction of sp³-hybridized carbons (Fsp3) is 0.481. The average molecular weight is 593 g/mol. The van der Waals surface area contributed by atoms with Crippen molar-refractivity contribution in [3.8, 4) is 5.75 Å². The van der Waals surface area contributed by atoms with Crippen molar-refractivity contribution in [1.82, 2.24) is 14.2 Å². The van der Waals surface area contributed by atoms with Gasteiger partial charge in [0, 0.05) is 56.3 Å². The smallest absolute Gasteiger partial charge is 0.243 e.